The van der Waals surface area contributed by atoms with Gasteiger partial charge in [-0.1, -0.05) is 12.5 Å². The topological polar surface area (TPSA) is 97.3 Å². The highest BCUT2D eigenvalue weighted by molar-refractivity contribution is 5.96. The minimum atomic E-state index is -0.990. The lowest BCUT2D eigenvalue weighted by atomic mass is 10.00. The second-order valence-electron chi connectivity index (χ2n) is 9.88. The number of hydrogen-bond acceptors (Lipinski definition) is 7. The molecular weight excluding hydrogens is 491 g/mol. The molecule has 0 aliphatic carbocycles. The second kappa shape index (κ2) is 13.6. The number of Topliss-reactive ketones (excluding diaryl/α,β-unsaturated/α-hetero) is 1. The Hall–Kier alpha value is -3.17. The van der Waals surface area contributed by atoms with E-state index in [-0.39, 0.29) is 18.1 Å². The molecule has 2 aromatic rings. The number of carbonyl (C=O) groups excluding carboxylic acids is 2. The molecular formula is C29H37FN2O6. The van der Waals surface area contributed by atoms with Crippen LogP contribution in [-0.2, 0) is 4.79 Å². The summed E-state index contributed by atoms with van der Waals surface area (Å²) in [5, 5.41) is 14.2. The van der Waals surface area contributed by atoms with Crippen molar-refractivity contribution in [2.45, 2.75) is 56.8 Å². The van der Waals surface area contributed by atoms with Crippen LogP contribution in [0.25, 0.3) is 0 Å². The average Bonchev–Trinajstić information content (AvgIpc) is 3.36. The summed E-state index contributed by atoms with van der Waals surface area (Å²) >= 11 is 0. The van der Waals surface area contributed by atoms with Gasteiger partial charge in [-0.15, -0.1) is 0 Å². The molecule has 4 rings (SSSR count). The molecule has 2 aromatic carbocycles. The smallest absolute Gasteiger partial charge is 0.220 e. The molecule has 1 fully saturated rings. The molecule has 2 N–H and O–H groups in total. The van der Waals surface area contributed by atoms with Crippen LogP contribution >= 0.6 is 0 Å². The van der Waals surface area contributed by atoms with Crippen LogP contribution in [0.2, 0.25) is 0 Å². The molecule has 0 aromatic heterocycles. The van der Waals surface area contributed by atoms with Crippen LogP contribution in [0.5, 0.6) is 17.2 Å². The van der Waals surface area contributed by atoms with Crippen molar-refractivity contribution in [3.63, 3.8) is 0 Å². The van der Waals surface area contributed by atoms with Gasteiger partial charge in [0.15, 0.2) is 17.3 Å². The number of ether oxygens (including phenoxy) is 3. The predicted molar refractivity (Wildman–Crippen MR) is 141 cm³/mol. The summed E-state index contributed by atoms with van der Waals surface area (Å²) in [5.74, 6) is 1.78. The van der Waals surface area contributed by atoms with Crippen LogP contribution in [-0.4, -0.2) is 73.9 Å². The van der Waals surface area contributed by atoms with Crippen molar-refractivity contribution in [3.05, 3.63) is 53.6 Å². The third kappa shape index (κ3) is 7.68. The summed E-state index contributed by atoms with van der Waals surface area (Å²) in [6, 6.07) is 11.7. The highest BCUT2D eigenvalue weighted by Crippen LogP contribution is 2.33. The largest absolute Gasteiger partial charge is 0.497 e. The van der Waals surface area contributed by atoms with Gasteiger partial charge in [0.2, 0.25) is 5.91 Å². The van der Waals surface area contributed by atoms with Crippen LogP contribution < -0.4 is 19.5 Å². The molecule has 2 aliphatic rings. The number of benzene rings is 2. The molecule has 1 saturated heterocycles. The summed E-state index contributed by atoms with van der Waals surface area (Å²) in [5.41, 5.74) is 1.25. The average molecular weight is 529 g/mol. The Kier molecular flexibility index (Phi) is 9.95. The van der Waals surface area contributed by atoms with Crippen LogP contribution in [0, 0.1) is 0 Å². The van der Waals surface area contributed by atoms with E-state index in [1.807, 2.05) is 4.90 Å². The molecule has 1 amide bonds. The fraction of sp³-hybridized carbons (Fsp3) is 0.517. The second-order valence-corrected chi connectivity index (χ2v) is 9.88. The van der Waals surface area contributed by atoms with E-state index in [1.165, 1.54) is 0 Å². The molecule has 206 valence electrons. The Morgan fingerprint density at radius 3 is 2.53 bits per heavy atom. The van der Waals surface area contributed by atoms with E-state index in [9.17, 15) is 19.1 Å². The number of alkyl halides is 1. The highest BCUT2D eigenvalue weighted by atomic mass is 19.1. The molecule has 3 unspecified atom stereocenters. The number of halogens is 1. The summed E-state index contributed by atoms with van der Waals surface area (Å²) in [7, 11) is 1.58. The fourth-order valence-corrected chi connectivity index (χ4v) is 4.88. The summed E-state index contributed by atoms with van der Waals surface area (Å²) < 4.78 is 30.1. The lowest BCUT2D eigenvalue weighted by Crippen LogP contribution is -2.46. The fourth-order valence-electron chi connectivity index (χ4n) is 4.88. The Morgan fingerprint density at radius 1 is 1.08 bits per heavy atom. The molecule has 38 heavy (non-hydrogen) atoms. The lowest BCUT2D eigenvalue weighted by molar-refractivity contribution is -0.123. The number of hydrogen-bond donors (Lipinski definition) is 2. The minimum absolute atomic E-state index is 0.0662. The summed E-state index contributed by atoms with van der Waals surface area (Å²) in [6.45, 7) is 2.14. The van der Waals surface area contributed by atoms with E-state index in [0.717, 1.165) is 6.42 Å². The zero-order chi connectivity index (χ0) is 26.9. The SMILES string of the molecule is COc1ccc(C(=O)CCCCCC(=O)NC(CN2CCC(F)C2)C(O)c2ccc3c(c2)OCCO3)cc1. The number of aliphatic hydroxyl groups excluding tert-OH is 1. The number of rotatable bonds is 13. The van der Waals surface area contributed by atoms with Gasteiger partial charge in [0.25, 0.3) is 0 Å². The number of nitrogens with zero attached hydrogens (tertiary/aromatic N) is 1. The van der Waals surface area contributed by atoms with Gasteiger partial charge in [0.1, 0.15) is 31.2 Å². The first-order valence-corrected chi connectivity index (χ1v) is 13.3. The number of aliphatic hydroxyl groups is 1. The molecule has 0 saturated carbocycles. The van der Waals surface area contributed by atoms with Gasteiger partial charge in [-0.05, 0) is 61.2 Å². The Morgan fingerprint density at radius 2 is 1.82 bits per heavy atom. The third-order valence-electron chi connectivity index (χ3n) is 7.02. The summed E-state index contributed by atoms with van der Waals surface area (Å²) in [6.07, 6.45) is 1.33. The van der Waals surface area contributed by atoms with Crippen molar-refractivity contribution in [2.75, 3.05) is 40.0 Å². The summed E-state index contributed by atoms with van der Waals surface area (Å²) in [4.78, 5) is 27.1. The van der Waals surface area contributed by atoms with Crippen LogP contribution in [0.1, 0.15) is 60.6 Å². The minimum Gasteiger partial charge on any atom is -0.497 e. The number of likely N-dealkylation sites (tertiary alicyclic amines) is 1. The number of nitrogens with one attached hydrogen (secondary N) is 1. The number of carbonyl (C=O) groups is 2. The van der Waals surface area contributed by atoms with E-state index in [4.69, 9.17) is 14.2 Å². The molecule has 2 heterocycles. The Balaban J connectivity index is 1.27. The van der Waals surface area contributed by atoms with E-state index >= 15 is 0 Å². The lowest BCUT2D eigenvalue weighted by Gasteiger charge is -2.29. The Labute approximate surface area is 223 Å². The predicted octanol–water partition coefficient (Wildman–Crippen LogP) is 3.86. The number of unbranched alkanes of at least 4 members (excludes halogenated alkanes) is 2. The van der Waals surface area contributed by atoms with Crippen molar-refractivity contribution < 1.29 is 33.3 Å². The van der Waals surface area contributed by atoms with Crippen molar-refractivity contribution in [2.24, 2.45) is 0 Å². The maximum absolute atomic E-state index is 13.8. The monoisotopic (exact) mass is 528 g/mol. The number of amides is 1. The normalized spacial score (nSPS) is 18.6. The van der Waals surface area contributed by atoms with Crippen molar-refractivity contribution in [1.82, 2.24) is 10.2 Å². The van der Waals surface area contributed by atoms with Gasteiger partial charge in [0.05, 0.1) is 13.2 Å². The molecule has 0 radical (unpaired) electrons. The molecule has 2 aliphatic heterocycles. The molecule has 9 heteroatoms. The quantitative estimate of drug-likeness (QED) is 0.301. The van der Waals surface area contributed by atoms with E-state index < -0.39 is 18.3 Å². The van der Waals surface area contributed by atoms with Gasteiger partial charge in [-0.3, -0.25) is 14.5 Å². The van der Waals surface area contributed by atoms with Gasteiger partial charge in [-0.2, -0.15) is 0 Å². The zero-order valence-electron chi connectivity index (χ0n) is 21.9. The van der Waals surface area contributed by atoms with E-state index in [1.54, 1.807) is 49.6 Å². The molecule has 0 spiro atoms. The van der Waals surface area contributed by atoms with Gasteiger partial charge >= 0.3 is 0 Å². The first-order valence-electron chi connectivity index (χ1n) is 13.3. The number of methoxy groups -OCH3 is 1. The van der Waals surface area contributed by atoms with Crippen molar-refractivity contribution >= 4 is 11.7 Å². The van der Waals surface area contributed by atoms with Gasteiger partial charge < -0.3 is 24.6 Å². The maximum Gasteiger partial charge on any atom is 0.220 e. The highest BCUT2D eigenvalue weighted by Gasteiger charge is 2.30. The van der Waals surface area contributed by atoms with Crippen molar-refractivity contribution in [1.29, 1.82) is 0 Å². The molecule has 3 atom stereocenters. The van der Waals surface area contributed by atoms with E-state index in [0.29, 0.717) is 86.9 Å². The first-order chi connectivity index (χ1) is 18.4. The number of fused-ring (bicyclic) bond motifs is 1. The zero-order valence-corrected chi connectivity index (χ0v) is 21.9. The maximum atomic E-state index is 13.8. The van der Waals surface area contributed by atoms with Crippen molar-refractivity contribution in [3.8, 4) is 17.2 Å². The molecule has 0 bridgehead atoms. The Bertz CT molecular complexity index is 1080. The van der Waals surface area contributed by atoms with Gasteiger partial charge in [0, 0.05) is 38.0 Å². The third-order valence-corrected chi connectivity index (χ3v) is 7.02. The first kappa shape index (κ1) is 27.9. The standard InChI is InChI=1S/C29H37FN2O6/c1-36-23-10-7-20(8-11-23)25(33)5-3-2-4-6-28(34)31-24(19-32-14-13-22(30)18-32)29(35)21-9-12-26-27(17-21)38-16-15-37-26/h7-12,17,22,24,29,35H,2-6,13-16,18-19H2,1H3,(H,31,34). The number of ketones is 1. The van der Waals surface area contributed by atoms with Crippen LogP contribution in [0.4, 0.5) is 4.39 Å². The van der Waals surface area contributed by atoms with Gasteiger partial charge in [-0.25, -0.2) is 4.39 Å². The molecule has 8 nitrogen and oxygen atoms in total. The van der Waals surface area contributed by atoms with Crippen LogP contribution in [0.3, 0.4) is 0 Å². The van der Waals surface area contributed by atoms with Crippen LogP contribution in [0.15, 0.2) is 42.5 Å². The van der Waals surface area contributed by atoms with E-state index in [2.05, 4.69) is 5.32 Å².